The van der Waals surface area contributed by atoms with E-state index in [1.807, 2.05) is 13.8 Å². The number of aromatic nitrogens is 3. The van der Waals surface area contributed by atoms with E-state index in [1.54, 1.807) is 6.92 Å². The number of hydrogen-bond donors (Lipinski definition) is 1. The molecule has 2 aliphatic heterocycles. The van der Waals surface area contributed by atoms with Gasteiger partial charge in [0.05, 0.1) is 29.1 Å². The summed E-state index contributed by atoms with van der Waals surface area (Å²) in [6.07, 6.45) is -3.92. The van der Waals surface area contributed by atoms with Crippen LogP contribution in [0.4, 0.5) is 18.9 Å². The molecule has 8 heteroatoms. The molecule has 4 rings (SSSR count). The van der Waals surface area contributed by atoms with Crippen molar-refractivity contribution >= 4 is 5.69 Å². The zero-order valence-corrected chi connectivity index (χ0v) is 12.9. The van der Waals surface area contributed by atoms with Crippen molar-refractivity contribution in [2.75, 3.05) is 11.9 Å². The number of rotatable bonds is 0. The molecule has 1 aromatic carbocycles. The van der Waals surface area contributed by atoms with Crippen molar-refractivity contribution < 1.29 is 17.9 Å². The second kappa shape index (κ2) is 4.18. The topological polar surface area (TPSA) is 52.0 Å². The van der Waals surface area contributed by atoms with E-state index in [2.05, 4.69) is 15.5 Å². The zero-order valence-electron chi connectivity index (χ0n) is 12.9. The van der Waals surface area contributed by atoms with Crippen LogP contribution in [0.3, 0.4) is 0 Å². The zero-order chi connectivity index (χ0) is 16.6. The largest absolute Gasteiger partial charge is 0.493 e. The van der Waals surface area contributed by atoms with Gasteiger partial charge in [0.25, 0.3) is 0 Å². The highest BCUT2D eigenvalue weighted by Gasteiger charge is 2.44. The number of anilines is 1. The number of nitrogens with one attached hydrogen (secondary N) is 1. The van der Waals surface area contributed by atoms with E-state index >= 15 is 0 Å². The average Bonchev–Trinajstić information content (AvgIpc) is 3.03. The van der Waals surface area contributed by atoms with Crippen LogP contribution in [0.15, 0.2) is 6.07 Å². The fourth-order valence-electron chi connectivity index (χ4n) is 3.31. The first-order chi connectivity index (χ1) is 10.7. The number of alkyl halides is 3. The summed E-state index contributed by atoms with van der Waals surface area (Å²) < 4.78 is 47.8. The van der Waals surface area contributed by atoms with Gasteiger partial charge in [-0.1, -0.05) is 0 Å². The van der Waals surface area contributed by atoms with Gasteiger partial charge in [0, 0.05) is 12.0 Å². The predicted octanol–water partition coefficient (Wildman–Crippen LogP) is 3.19. The fourth-order valence-corrected chi connectivity index (χ4v) is 3.31. The molecule has 0 saturated carbocycles. The number of fused-ring (bicyclic) bond motifs is 5. The van der Waals surface area contributed by atoms with Gasteiger partial charge in [-0.2, -0.15) is 13.2 Å². The van der Waals surface area contributed by atoms with Crippen LogP contribution in [0.2, 0.25) is 0 Å². The van der Waals surface area contributed by atoms with Crippen molar-refractivity contribution in [1.29, 1.82) is 0 Å². The van der Waals surface area contributed by atoms with Crippen LogP contribution < -0.4 is 10.1 Å². The van der Waals surface area contributed by atoms with Crippen LogP contribution in [-0.4, -0.2) is 21.4 Å². The van der Waals surface area contributed by atoms with Crippen LogP contribution in [0.5, 0.6) is 5.75 Å². The Labute approximate surface area is 130 Å². The molecule has 0 amide bonds. The summed E-state index contributed by atoms with van der Waals surface area (Å²) in [7, 11) is 0. The molecule has 5 nitrogen and oxygen atoms in total. The number of halogens is 3. The molecular weight excluding hydrogens is 309 g/mol. The van der Waals surface area contributed by atoms with Gasteiger partial charge in [-0.25, -0.2) is 0 Å². The minimum atomic E-state index is -4.50. The van der Waals surface area contributed by atoms with Crippen molar-refractivity contribution in [3.63, 3.8) is 0 Å². The molecule has 3 heterocycles. The molecule has 1 aromatic heterocycles. The van der Waals surface area contributed by atoms with E-state index in [0.29, 0.717) is 36.1 Å². The number of benzene rings is 1. The van der Waals surface area contributed by atoms with Gasteiger partial charge in [-0.3, -0.25) is 4.57 Å². The van der Waals surface area contributed by atoms with Crippen LogP contribution in [0, 0.1) is 6.92 Å². The second-order valence-electron chi connectivity index (χ2n) is 6.38. The summed E-state index contributed by atoms with van der Waals surface area (Å²) in [5.41, 5.74) is -0.0547. The van der Waals surface area contributed by atoms with E-state index in [1.165, 1.54) is 4.57 Å². The maximum absolute atomic E-state index is 13.6. The fraction of sp³-hybridized carbons (Fsp3) is 0.467. The number of aryl methyl sites for hydroxylation is 1. The van der Waals surface area contributed by atoms with Gasteiger partial charge in [0.2, 0.25) is 0 Å². The Hall–Kier alpha value is -2.25. The van der Waals surface area contributed by atoms with E-state index in [9.17, 15) is 13.2 Å². The lowest BCUT2D eigenvalue weighted by Gasteiger charge is -2.36. The number of hydrogen-bond acceptors (Lipinski definition) is 4. The monoisotopic (exact) mass is 324 g/mol. The average molecular weight is 324 g/mol. The molecule has 0 bridgehead atoms. The highest BCUT2D eigenvalue weighted by molar-refractivity contribution is 5.77. The Balaban J connectivity index is 2.13. The van der Waals surface area contributed by atoms with E-state index in [0.717, 1.165) is 11.6 Å². The lowest BCUT2D eigenvalue weighted by molar-refractivity contribution is -0.137. The molecule has 0 unspecified atom stereocenters. The van der Waals surface area contributed by atoms with Gasteiger partial charge >= 0.3 is 6.18 Å². The molecule has 0 radical (unpaired) electrons. The first kappa shape index (κ1) is 14.3. The van der Waals surface area contributed by atoms with Crippen LogP contribution in [0.25, 0.3) is 5.69 Å². The van der Waals surface area contributed by atoms with Crippen LogP contribution in [0.1, 0.15) is 36.6 Å². The first-order valence-electron chi connectivity index (χ1n) is 7.31. The summed E-state index contributed by atoms with van der Waals surface area (Å²) in [6, 6.07) is 1.09. The second-order valence-corrected chi connectivity index (χ2v) is 6.38. The third-order valence-corrected chi connectivity index (χ3v) is 4.33. The molecule has 0 atom stereocenters. The minimum Gasteiger partial charge on any atom is -0.493 e. The third kappa shape index (κ3) is 1.87. The molecule has 1 N–H and O–H groups in total. The van der Waals surface area contributed by atoms with E-state index in [-0.39, 0.29) is 5.69 Å². The Morgan fingerprint density at radius 2 is 2.04 bits per heavy atom. The summed E-state index contributed by atoms with van der Waals surface area (Å²) in [6.45, 7) is 5.79. The maximum atomic E-state index is 13.6. The van der Waals surface area contributed by atoms with Crippen LogP contribution >= 0.6 is 0 Å². The summed E-state index contributed by atoms with van der Waals surface area (Å²) in [4.78, 5) is 0. The smallest absolute Gasteiger partial charge is 0.418 e. The molecule has 2 aromatic rings. The SMILES string of the molecule is Cc1nnc2n1-c1c(C(F)(F)F)cc3c(c1NC2(C)C)CCO3. The van der Waals surface area contributed by atoms with Crippen molar-refractivity contribution in [2.24, 2.45) is 0 Å². The minimum absolute atomic E-state index is 0.0681. The highest BCUT2D eigenvalue weighted by atomic mass is 19.4. The Morgan fingerprint density at radius 3 is 2.74 bits per heavy atom. The molecule has 0 saturated heterocycles. The lowest BCUT2D eigenvalue weighted by Crippen LogP contribution is -2.37. The van der Waals surface area contributed by atoms with Crippen molar-refractivity contribution in [3.8, 4) is 11.4 Å². The van der Waals surface area contributed by atoms with Gasteiger partial charge in [0.1, 0.15) is 11.6 Å². The molecule has 122 valence electrons. The Kier molecular flexibility index (Phi) is 2.61. The maximum Gasteiger partial charge on any atom is 0.418 e. The molecule has 0 fully saturated rings. The van der Waals surface area contributed by atoms with Crippen molar-refractivity contribution in [1.82, 2.24) is 14.8 Å². The summed E-state index contributed by atoms with van der Waals surface area (Å²) in [5.74, 6) is 1.20. The molecular formula is C15H15F3N4O. The summed E-state index contributed by atoms with van der Waals surface area (Å²) >= 11 is 0. The quantitative estimate of drug-likeness (QED) is 0.808. The van der Waals surface area contributed by atoms with Crippen molar-refractivity contribution in [3.05, 3.63) is 28.8 Å². The summed E-state index contributed by atoms with van der Waals surface area (Å²) in [5, 5.41) is 11.3. The normalized spacial score (nSPS) is 17.8. The Bertz CT molecular complexity index is 823. The Morgan fingerprint density at radius 1 is 1.30 bits per heavy atom. The third-order valence-electron chi connectivity index (χ3n) is 4.33. The molecule has 23 heavy (non-hydrogen) atoms. The number of nitrogens with zero attached hydrogens (tertiary/aromatic N) is 3. The van der Waals surface area contributed by atoms with Gasteiger partial charge in [-0.15, -0.1) is 10.2 Å². The van der Waals surface area contributed by atoms with Gasteiger partial charge in [-0.05, 0) is 26.8 Å². The molecule has 0 spiro atoms. The van der Waals surface area contributed by atoms with E-state index < -0.39 is 17.3 Å². The van der Waals surface area contributed by atoms with E-state index in [4.69, 9.17) is 4.74 Å². The number of ether oxygens (including phenoxy) is 1. The lowest BCUT2D eigenvalue weighted by atomic mass is 9.94. The van der Waals surface area contributed by atoms with Gasteiger partial charge < -0.3 is 10.1 Å². The standard InChI is InChI=1S/C15H15F3N4O/c1-7-20-21-13-14(2,3)19-11-8-4-5-23-10(8)6-9(15(16,17)18)12(11)22(7)13/h6,19H,4-5H2,1-3H3. The first-order valence-corrected chi connectivity index (χ1v) is 7.31. The highest BCUT2D eigenvalue weighted by Crippen LogP contribution is 2.49. The van der Waals surface area contributed by atoms with Crippen LogP contribution in [-0.2, 0) is 18.1 Å². The van der Waals surface area contributed by atoms with Gasteiger partial charge in [0.15, 0.2) is 5.82 Å². The molecule has 0 aliphatic carbocycles. The molecule has 2 aliphatic rings. The predicted molar refractivity (Wildman–Crippen MR) is 76.9 cm³/mol. The van der Waals surface area contributed by atoms with Crippen molar-refractivity contribution in [2.45, 2.75) is 38.9 Å².